The number of hydrogen-bond acceptors (Lipinski definition) is 5. The van der Waals surface area contributed by atoms with Crippen LogP contribution in [0.4, 0.5) is 0 Å². The molecule has 1 aliphatic rings. The molecule has 1 atom stereocenters. The highest BCUT2D eigenvalue weighted by Crippen LogP contribution is 2.22. The number of pyridine rings is 1. The number of carbonyl (C=O) groups is 1. The summed E-state index contributed by atoms with van der Waals surface area (Å²) in [5.74, 6) is 0.784. The first-order valence-electron chi connectivity index (χ1n) is 9.62. The van der Waals surface area contributed by atoms with Gasteiger partial charge in [0.1, 0.15) is 0 Å². The van der Waals surface area contributed by atoms with Crippen LogP contribution in [-0.4, -0.2) is 43.3 Å². The first-order chi connectivity index (χ1) is 13.1. The first kappa shape index (κ1) is 19.6. The quantitative estimate of drug-likeness (QED) is 0.783. The van der Waals surface area contributed by atoms with E-state index in [2.05, 4.69) is 29.5 Å². The molecule has 1 unspecified atom stereocenters. The number of nitrogens with one attached hydrogen (secondary N) is 2. The third-order valence-electron chi connectivity index (χ3n) is 5.03. The van der Waals surface area contributed by atoms with E-state index < -0.39 is 0 Å². The molecule has 1 saturated heterocycles. The average molecular weight is 371 g/mol. The largest absolute Gasteiger partial charge is 0.481 e. The minimum atomic E-state index is -0.219. The van der Waals surface area contributed by atoms with Gasteiger partial charge in [0.2, 0.25) is 11.8 Å². The van der Waals surface area contributed by atoms with Gasteiger partial charge in [-0.05, 0) is 30.4 Å². The molecule has 146 valence electrons. The van der Waals surface area contributed by atoms with Crippen molar-refractivity contribution in [2.45, 2.75) is 45.3 Å². The Bertz CT molecular complexity index is 772. The highest BCUT2D eigenvalue weighted by atomic mass is 16.5. The Morgan fingerprint density at radius 2 is 2.04 bits per heavy atom. The zero-order valence-electron chi connectivity index (χ0n) is 16.3. The van der Waals surface area contributed by atoms with Crippen molar-refractivity contribution < 1.29 is 14.3 Å². The zero-order chi connectivity index (χ0) is 19.2. The summed E-state index contributed by atoms with van der Waals surface area (Å²) in [4.78, 5) is 17.3. The van der Waals surface area contributed by atoms with Crippen LogP contribution in [0.3, 0.4) is 0 Å². The van der Waals surface area contributed by atoms with E-state index in [0.717, 1.165) is 42.5 Å². The molecule has 1 aliphatic heterocycles. The summed E-state index contributed by atoms with van der Waals surface area (Å²) in [5.41, 5.74) is 1.86. The lowest BCUT2D eigenvalue weighted by Crippen LogP contribution is -2.52. The monoisotopic (exact) mass is 371 g/mol. The molecule has 1 amide bonds. The van der Waals surface area contributed by atoms with E-state index in [0.29, 0.717) is 18.5 Å². The maximum absolute atomic E-state index is 12.9. The van der Waals surface area contributed by atoms with Gasteiger partial charge < -0.3 is 20.1 Å². The van der Waals surface area contributed by atoms with Gasteiger partial charge >= 0.3 is 0 Å². The molecule has 0 bridgehead atoms. The molecular weight excluding hydrogens is 342 g/mol. The van der Waals surface area contributed by atoms with Gasteiger partial charge in [-0.2, -0.15) is 0 Å². The van der Waals surface area contributed by atoms with Crippen molar-refractivity contribution in [2.75, 3.05) is 20.3 Å². The molecule has 2 N–H and O–H groups in total. The lowest BCUT2D eigenvalue weighted by molar-refractivity contribution is -0.124. The smallest absolute Gasteiger partial charge is 0.237 e. The highest BCUT2D eigenvalue weighted by Gasteiger charge is 2.26. The standard InChI is InChI=1S/C21H29N3O3/c1-14(2)20(23-16-8-10-27-11-9-16)21(25)22-13-15-12-19(26-3)24-18-7-5-4-6-17(15)18/h4-7,12,14,16,20,23H,8-11,13H2,1-3H3,(H,22,25). The number of methoxy groups -OCH3 is 1. The number of aromatic nitrogens is 1. The van der Waals surface area contributed by atoms with Gasteiger partial charge in [-0.15, -0.1) is 0 Å². The number of ether oxygens (including phenoxy) is 2. The molecule has 0 aliphatic carbocycles. The molecule has 6 nitrogen and oxygen atoms in total. The number of carbonyl (C=O) groups excluding carboxylic acids is 1. The van der Waals surface area contributed by atoms with Crippen molar-refractivity contribution in [3.05, 3.63) is 35.9 Å². The number of rotatable bonds is 7. The molecule has 6 heteroatoms. The molecule has 1 fully saturated rings. The fourth-order valence-corrected chi connectivity index (χ4v) is 3.45. The molecule has 3 rings (SSSR count). The van der Waals surface area contributed by atoms with Crippen LogP contribution in [0.25, 0.3) is 10.9 Å². The fraction of sp³-hybridized carbons (Fsp3) is 0.524. The lowest BCUT2D eigenvalue weighted by Gasteiger charge is -2.30. The van der Waals surface area contributed by atoms with E-state index in [1.165, 1.54) is 0 Å². The second-order valence-corrected chi connectivity index (χ2v) is 7.33. The van der Waals surface area contributed by atoms with Crippen LogP contribution < -0.4 is 15.4 Å². The topological polar surface area (TPSA) is 72.5 Å². The third-order valence-corrected chi connectivity index (χ3v) is 5.03. The number of nitrogens with zero attached hydrogens (tertiary/aromatic N) is 1. The molecule has 0 spiro atoms. The number of hydrogen-bond donors (Lipinski definition) is 2. The summed E-state index contributed by atoms with van der Waals surface area (Å²) < 4.78 is 10.7. The number of amides is 1. The molecule has 2 heterocycles. The van der Waals surface area contributed by atoms with Crippen LogP contribution in [0.2, 0.25) is 0 Å². The van der Waals surface area contributed by atoms with E-state index in [1.54, 1.807) is 7.11 Å². The SMILES string of the molecule is COc1cc(CNC(=O)C(NC2CCOCC2)C(C)C)c2ccccc2n1. The van der Waals surface area contributed by atoms with Gasteiger partial charge in [-0.1, -0.05) is 32.0 Å². The van der Waals surface area contributed by atoms with Crippen molar-refractivity contribution in [3.63, 3.8) is 0 Å². The molecule has 1 aromatic carbocycles. The summed E-state index contributed by atoms with van der Waals surface area (Å²) in [6, 6.07) is 9.89. The molecule has 1 aromatic heterocycles. The van der Waals surface area contributed by atoms with E-state index in [-0.39, 0.29) is 17.9 Å². The van der Waals surface area contributed by atoms with E-state index in [9.17, 15) is 4.79 Å². The Morgan fingerprint density at radius 1 is 1.30 bits per heavy atom. The Balaban J connectivity index is 1.70. The molecule has 2 aromatic rings. The summed E-state index contributed by atoms with van der Waals surface area (Å²) in [5, 5.41) is 7.64. The minimum absolute atomic E-state index is 0.0244. The first-order valence-corrected chi connectivity index (χ1v) is 9.62. The van der Waals surface area contributed by atoms with Gasteiger partial charge in [0.05, 0.1) is 18.7 Å². The zero-order valence-corrected chi connectivity index (χ0v) is 16.3. The normalized spacial score (nSPS) is 16.4. The molecule has 0 saturated carbocycles. The summed E-state index contributed by atoms with van der Waals surface area (Å²) in [6.07, 6.45) is 1.89. The van der Waals surface area contributed by atoms with E-state index in [1.807, 2.05) is 30.3 Å². The van der Waals surface area contributed by atoms with Crippen LogP contribution in [0.5, 0.6) is 5.88 Å². The Hall–Kier alpha value is -2.18. The summed E-state index contributed by atoms with van der Waals surface area (Å²) in [7, 11) is 1.60. The molecule has 0 radical (unpaired) electrons. The molecule has 27 heavy (non-hydrogen) atoms. The Morgan fingerprint density at radius 3 is 2.74 bits per heavy atom. The summed E-state index contributed by atoms with van der Waals surface area (Å²) >= 11 is 0. The number of benzene rings is 1. The van der Waals surface area contributed by atoms with Crippen molar-refractivity contribution in [1.29, 1.82) is 0 Å². The van der Waals surface area contributed by atoms with Crippen molar-refractivity contribution in [3.8, 4) is 5.88 Å². The van der Waals surface area contributed by atoms with Gasteiger partial charge in [-0.3, -0.25) is 4.79 Å². The van der Waals surface area contributed by atoms with Crippen LogP contribution >= 0.6 is 0 Å². The number of fused-ring (bicyclic) bond motifs is 1. The molecular formula is C21H29N3O3. The maximum atomic E-state index is 12.9. The van der Waals surface area contributed by atoms with E-state index in [4.69, 9.17) is 9.47 Å². The van der Waals surface area contributed by atoms with Gasteiger partial charge in [-0.25, -0.2) is 4.98 Å². The van der Waals surface area contributed by atoms with Crippen LogP contribution in [-0.2, 0) is 16.1 Å². The van der Waals surface area contributed by atoms with Crippen molar-refractivity contribution in [1.82, 2.24) is 15.6 Å². The van der Waals surface area contributed by atoms with Crippen LogP contribution in [0.15, 0.2) is 30.3 Å². The summed E-state index contributed by atoms with van der Waals surface area (Å²) in [6.45, 7) is 6.10. The van der Waals surface area contributed by atoms with Crippen molar-refractivity contribution >= 4 is 16.8 Å². The second-order valence-electron chi connectivity index (χ2n) is 7.33. The predicted octanol–water partition coefficient (Wildman–Crippen LogP) is 2.65. The van der Waals surface area contributed by atoms with Gasteiger partial charge in [0.25, 0.3) is 0 Å². The maximum Gasteiger partial charge on any atom is 0.237 e. The third kappa shape index (κ3) is 4.96. The Kier molecular flexibility index (Phi) is 6.63. The second kappa shape index (κ2) is 9.15. The average Bonchev–Trinajstić information content (AvgIpc) is 2.70. The van der Waals surface area contributed by atoms with Crippen molar-refractivity contribution in [2.24, 2.45) is 5.92 Å². The minimum Gasteiger partial charge on any atom is -0.481 e. The lowest BCUT2D eigenvalue weighted by atomic mass is 9.99. The van der Waals surface area contributed by atoms with Gasteiger partial charge in [0, 0.05) is 37.3 Å². The van der Waals surface area contributed by atoms with E-state index >= 15 is 0 Å². The number of para-hydroxylation sites is 1. The van der Waals surface area contributed by atoms with Gasteiger partial charge in [0.15, 0.2) is 0 Å². The Labute approximate surface area is 160 Å². The van der Waals surface area contributed by atoms with Crippen LogP contribution in [0.1, 0.15) is 32.3 Å². The predicted molar refractivity (Wildman–Crippen MR) is 106 cm³/mol. The fourth-order valence-electron chi connectivity index (χ4n) is 3.45. The van der Waals surface area contributed by atoms with Crippen LogP contribution in [0, 0.1) is 5.92 Å². The highest BCUT2D eigenvalue weighted by molar-refractivity contribution is 5.85.